The van der Waals surface area contributed by atoms with E-state index in [9.17, 15) is 0 Å². The fourth-order valence-corrected chi connectivity index (χ4v) is 1.99. The third-order valence-electron chi connectivity index (χ3n) is 1.92. The zero-order valence-corrected chi connectivity index (χ0v) is 10.8. The first-order valence-corrected chi connectivity index (χ1v) is 5.65. The Balaban J connectivity index is 2.30. The Morgan fingerprint density at radius 1 is 1.50 bits per heavy atom. The Morgan fingerprint density at radius 2 is 2.25 bits per heavy atom. The predicted molar refractivity (Wildman–Crippen MR) is 66.8 cm³/mol. The van der Waals surface area contributed by atoms with Crippen molar-refractivity contribution in [2.75, 3.05) is 5.73 Å². The Bertz CT molecular complexity index is 527. The van der Waals surface area contributed by atoms with Crippen LogP contribution < -0.4 is 10.5 Å². The van der Waals surface area contributed by atoms with Crippen LogP contribution in [0, 0.1) is 0 Å². The van der Waals surface area contributed by atoms with Gasteiger partial charge >= 0.3 is 0 Å². The number of rotatable bonds is 2. The molecule has 1 aromatic carbocycles. The molecule has 16 heavy (non-hydrogen) atoms. The SMILES string of the molecule is Cn1cc(N)c(Oc2ccc(Cl)cc2Br)n1. The number of anilines is 1. The predicted octanol–water partition coefficient (Wildman–Crippen LogP) is 3.21. The molecule has 0 fully saturated rings. The van der Waals surface area contributed by atoms with Crippen molar-refractivity contribution in [1.82, 2.24) is 9.78 Å². The van der Waals surface area contributed by atoms with E-state index >= 15 is 0 Å². The summed E-state index contributed by atoms with van der Waals surface area (Å²) in [5, 5.41) is 4.72. The van der Waals surface area contributed by atoms with Gasteiger partial charge in [0.15, 0.2) is 0 Å². The van der Waals surface area contributed by atoms with Crippen LogP contribution in [-0.4, -0.2) is 9.78 Å². The average molecular weight is 303 g/mol. The fraction of sp³-hybridized carbons (Fsp3) is 0.100. The van der Waals surface area contributed by atoms with Gasteiger partial charge in [0.2, 0.25) is 0 Å². The summed E-state index contributed by atoms with van der Waals surface area (Å²) >= 11 is 9.18. The molecule has 0 spiro atoms. The summed E-state index contributed by atoms with van der Waals surface area (Å²) in [6.07, 6.45) is 1.68. The summed E-state index contributed by atoms with van der Waals surface area (Å²) in [6, 6.07) is 5.23. The summed E-state index contributed by atoms with van der Waals surface area (Å²) in [4.78, 5) is 0. The molecule has 0 aliphatic rings. The van der Waals surface area contributed by atoms with Crippen LogP contribution in [0.25, 0.3) is 0 Å². The Hall–Kier alpha value is -1.20. The monoisotopic (exact) mass is 301 g/mol. The number of hydrogen-bond donors (Lipinski definition) is 1. The van der Waals surface area contributed by atoms with E-state index in [1.165, 1.54) is 0 Å². The normalized spacial score (nSPS) is 10.4. The van der Waals surface area contributed by atoms with Gasteiger partial charge in [-0.15, -0.1) is 5.10 Å². The second-order valence-electron chi connectivity index (χ2n) is 3.24. The van der Waals surface area contributed by atoms with Gasteiger partial charge < -0.3 is 10.5 Å². The number of nitrogens with two attached hydrogens (primary N) is 1. The topological polar surface area (TPSA) is 53.1 Å². The number of aryl methyl sites for hydroxylation is 1. The molecule has 6 heteroatoms. The molecule has 2 N–H and O–H groups in total. The third kappa shape index (κ3) is 2.31. The lowest BCUT2D eigenvalue weighted by Crippen LogP contribution is -1.91. The van der Waals surface area contributed by atoms with Crippen molar-refractivity contribution >= 4 is 33.2 Å². The quantitative estimate of drug-likeness (QED) is 0.927. The molecule has 2 rings (SSSR count). The van der Waals surface area contributed by atoms with Crippen molar-refractivity contribution in [2.24, 2.45) is 7.05 Å². The van der Waals surface area contributed by atoms with E-state index in [2.05, 4.69) is 21.0 Å². The van der Waals surface area contributed by atoms with E-state index in [0.29, 0.717) is 22.3 Å². The van der Waals surface area contributed by atoms with Gasteiger partial charge in [0.1, 0.15) is 11.4 Å². The molecular weight excluding hydrogens is 293 g/mol. The maximum Gasteiger partial charge on any atom is 0.261 e. The van der Waals surface area contributed by atoms with Gasteiger partial charge in [-0.3, -0.25) is 4.68 Å². The number of halogens is 2. The molecule has 0 unspecified atom stereocenters. The number of hydrogen-bond acceptors (Lipinski definition) is 3. The molecule has 0 saturated carbocycles. The largest absolute Gasteiger partial charge is 0.435 e. The molecule has 1 aromatic heterocycles. The van der Waals surface area contributed by atoms with Crippen molar-refractivity contribution in [2.45, 2.75) is 0 Å². The lowest BCUT2D eigenvalue weighted by Gasteiger charge is -2.05. The zero-order chi connectivity index (χ0) is 11.7. The summed E-state index contributed by atoms with van der Waals surface area (Å²) in [6.45, 7) is 0. The number of benzene rings is 1. The van der Waals surface area contributed by atoms with Crippen LogP contribution in [0.4, 0.5) is 5.69 Å². The smallest absolute Gasteiger partial charge is 0.261 e. The van der Waals surface area contributed by atoms with E-state index in [1.807, 2.05) is 0 Å². The first-order valence-electron chi connectivity index (χ1n) is 4.48. The Morgan fingerprint density at radius 3 is 2.81 bits per heavy atom. The van der Waals surface area contributed by atoms with Crippen molar-refractivity contribution in [1.29, 1.82) is 0 Å². The van der Waals surface area contributed by atoms with E-state index in [-0.39, 0.29) is 0 Å². The summed E-state index contributed by atoms with van der Waals surface area (Å²) in [7, 11) is 1.78. The van der Waals surface area contributed by atoms with Crippen molar-refractivity contribution in [3.05, 3.63) is 33.9 Å². The Labute approximate surface area is 106 Å². The molecule has 2 aromatic rings. The minimum atomic E-state index is 0.380. The lowest BCUT2D eigenvalue weighted by molar-refractivity contribution is 0.453. The summed E-state index contributed by atoms with van der Waals surface area (Å²) in [5.41, 5.74) is 6.21. The van der Waals surface area contributed by atoms with Gasteiger partial charge in [-0.25, -0.2) is 0 Å². The minimum absolute atomic E-state index is 0.380. The van der Waals surface area contributed by atoms with Crippen LogP contribution in [0.3, 0.4) is 0 Å². The van der Waals surface area contributed by atoms with Crippen LogP contribution in [0.5, 0.6) is 11.6 Å². The summed E-state index contributed by atoms with van der Waals surface area (Å²) in [5.74, 6) is 1.00. The Kier molecular flexibility index (Phi) is 3.07. The molecule has 0 aliphatic carbocycles. The van der Waals surface area contributed by atoms with Gasteiger partial charge in [-0.1, -0.05) is 11.6 Å². The second-order valence-corrected chi connectivity index (χ2v) is 4.53. The molecule has 0 amide bonds. The maximum absolute atomic E-state index is 5.83. The second kappa shape index (κ2) is 4.35. The molecule has 84 valence electrons. The van der Waals surface area contributed by atoms with Gasteiger partial charge in [0.25, 0.3) is 5.88 Å². The van der Waals surface area contributed by atoms with Gasteiger partial charge in [0.05, 0.1) is 10.7 Å². The number of aromatic nitrogens is 2. The molecule has 0 aliphatic heterocycles. The standard InChI is InChI=1S/C10H9BrClN3O/c1-15-5-8(13)10(14-15)16-9-3-2-6(12)4-7(9)11/h2-5H,13H2,1H3. The van der Waals surface area contributed by atoms with Gasteiger partial charge in [0, 0.05) is 12.1 Å². The van der Waals surface area contributed by atoms with Crippen molar-refractivity contribution < 1.29 is 4.74 Å². The molecule has 0 saturated heterocycles. The maximum atomic E-state index is 5.83. The van der Waals surface area contributed by atoms with Crippen LogP contribution >= 0.6 is 27.5 Å². The molecule has 0 atom stereocenters. The highest BCUT2D eigenvalue weighted by Gasteiger charge is 2.09. The highest BCUT2D eigenvalue weighted by Crippen LogP contribution is 2.33. The molecule has 0 bridgehead atoms. The lowest BCUT2D eigenvalue weighted by atomic mass is 10.3. The fourth-order valence-electron chi connectivity index (χ4n) is 1.23. The molecule has 1 heterocycles. The number of ether oxygens (including phenoxy) is 1. The van der Waals surface area contributed by atoms with E-state index in [1.54, 1.807) is 36.1 Å². The van der Waals surface area contributed by atoms with Crippen molar-refractivity contribution in [3.63, 3.8) is 0 Å². The zero-order valence-electron chi connectivity index (χ0n) is 8.45. The molecular formula is C10H9BrClN3O. The highest BCUT2D eigenvalue weighted by atomic mass is 79.9. The average Bonchev–Trinajstić information content (AvgIpc) is 2.50. The summed E-state index contributed by atoms with van der Waals surface area (Å²) < 4.78 is 7.90. The van der Waals surface area contributed by atoms with Crippen LogP contribution in [-0.2, 0) is 7.05 Å². The minimum Gasteiger partial charge on any atom is -0.435 e. The van der Waals surface area contributed by atoms with Crippen LogP contribution in [0.2, 0.25) is 5.02 Å². The van der Waals surface area contributed by atoms with E-state index in [0.717, 1.165) is 4.47 Å². The van der Waals surface area contributed by atoms with Gasteiger partial charge in [-0.2, -0.15) is 0 Å². The first kappa shape index (κ1) is 11.3. The number of nitrogens with zero attached hydrogens (tertiary/aromatic N) is 2. The third-order valence-corrected chi connectivity index (χ3v) is 2.78. The van der Waals surface area contributed by atoms with Crippen molar-refractivity contribution in [3.8, 4) is 11.6 Å². The van der Waals surface area contributed by atoms with E-state index < -0.39 is 0 Å². The highest BCUT2D eigenvalue weighted by molar-refractivity contribution is 9.10. The van der Waals surface area contributed by atoms with Gasteiger partial charge in [-0.05, 0) is 34.1 Å². The first-order chi connectivity index (χ1) is 7.56. The van der Waals surface area contributed by atoms with E-state index in [4.69, 9.17) is 22.1 Å². The van der Waals surface area contributed by atoms with Crippen LogP contribution in [0.15, 0.2) is 28.9 Å². The molecule has 4 nitrogen and oxygen atoms in total. The molecule has 0 radical (unpaired) electrons. The number of nitrogen functional groups attached to an aromatic ring is 1. The van der Waals surface area contributed by atoms with Crippen LogP contribution in [0.1, 0.15) is 0 Å².